The Morgan fingerprint density at radius 2 is 1.90 bits per heavy atom. The quantitative estimate of drug-likeness (QED) is 0.767. The van der Waals surface area contributed by atoms with Gasteiger partial charge in [-0.05, 0) is 6.07 Å². The monoisotopic (exact) mass is 340 g/mol. The fraction of sp³-hybridized carbons (Fsp3) is 0.364. The Labute approximate surface area is 127 Å². The fourth-order valence-electron chi connectivity index (χ4n) is 1.37. The van der Waals surface area contributed by atoms with Crippen molar-refractivity contribution in [1.82, 2.24) is 10.0 Å². The first-order valence-corrected chi connectivity index (χ1v) is 7.79. The molecule has 6 nitrogen and oxygen atoms in total. The van der Waals surface area contributed by atoms with E-state index >= 15 is 0 Å². The van der Waals surface area contributed by atoms with Crippen molar-refractivity contribution in [1.29, 1.82) is 0 Å². The van der Waals surface area contributed by atoms with Crippen molar-refractivity contribution in [2.24, 2.45) is 0 Å². The van der Waals surface area contributed by atoms with Crippen molar-refractivity contribution < 1.29 is 17.9 Å². The van der Waals surface area contributed by atoms with Crippen LogP contribution in [0.5, 0.6) is 5.75 Å². The minimum atomic E-state index is -3.81. The molecule has 0 heterocycles. The molecule has 1 amide bonds. The van der Waals surface area contributed by atoms with E-state index in [4.69, 9.17) is 27.9 Å². The lowest BCUT2D eigenvalue weighted by Gasteiger charge is -2.11. The van der Waals surface area contributed by atoms with E-state index in [1.54, 1.807) is 0 Å². The van der Waals surface area contributed by atoms with Gasteiger partial charge in [0.25, 0.3) is 0 Å². The molecule has 0 spiro atoms. The van der Waals surface area contributed by atoms with Crippen LogP contribution in [0.2, 0.25) is 10.0 Å². The third kappa shape index (κ3) is 4.52. The van der Waals surface area contributed by atoms with Crippen LogP contribution in [0, 0.1) is 0 Å². The molecule has 20 heavy (non-hydrogen) atoms. The van der Waals surface area contributed by atoms with E-state index in [9.17, 15) is 13.2 Å². The van der Waals surface area contributed by atoms with Crippen molar-refractivity contribution in [3.05, 3.63) is 22.2 Å². The summed E-state index contributed by atoms with van der Waals surface area (Å²) in [6.07, 6.45) is 0. The predicted octanol–water partition coefficient (Wildman–Crippen LogP) is 1.42. The summed E-state index contributed by atoms with van der Waals surface area (Å²) in [5, 5.41) is 2.61. The molecular formula is C11H14Cl2N2O4S. The Morgan fingerprint density at radius 1 is 1.25 bits per heavy atom. The number of benzene rings is 1. The van der Waals surface area contributed by atoms with Crippen molar-refractivity contribution >= 4 is 39.1 Å². The first kappa shape index (κ1) is 17.0. The number of halogens is 2. The molecule has 2 N–H and O–H groups in total. The summed E-state index contributed by atoms with van der Waals surface area (Å²) in [5.74, 6) is 0.0450. The maximum Gasteiger partial charge on any atom is 0.242 e. The van der Waals surface area contributed by atoms with E-state index in [1.807, 2.05) is 0 Å². The van der Waals surface area contributed by atoms with Gasteiger partial charge in [-0.25, -0.2) is 13.1 Å². The van der Waals surface area contributed by atoms with Crippen molar-refractivity contribution in [2.75, 3.05) is 20.2 Å². The van der Waals surface area contributed by atoms with Crippen molar-refractivity contribution in [3.63, 3.8) is 0 Å². The molecule has 0 bridgehead atoms. The van der Waals surface area contributed by atoms with Gasteiger partial charge in [-0.3, -0.25) is 4.79 Å². The zero-order chi connectivity index (χ0) is 15.3. The highest BCUT2D eigenvalue weighted by Gasteiger charge is 2.20. The molecule has 112 valence electrons. The second-order valence-electron chi connectivity index (χ2n) is 3.80. The Balaban J connectivity index is 2.87. The Kier molecular flexibility index (Phi) is 6.07. The van der Waals surface area contributed by atoms with Gasteiger partial charge in [-0.15, -0.1) is 0 Å². The largest absolute Gasteiger partial charge is 0.495 e. The Hall–Kier alpha value is -1.02. The predicted molar refractivity (Wildman–Crippen MR) is 76.9 cm³/mol. The summed E-state index contributed by atoms with van der Waals surface area (Å²) >= 11 is 11.8. The topological polar surface area (TPSA) is 84.5 Å². The molecule has 1 aromatic carbocycles. The van der Waals surface area contributed by atoms with Gasteiger partial charge in [0.2, 0.25) is 15.9 Å². The molecule has 0 radical (unpaired) electrons. The van der Waals surface area contributed by atoms with Gasteiger partial charge in [0.05, 0.1) is 17.2 Å². The van der Waals surface area contributed by atoms with E-state index in [0.717, 1.165) is 0 Å². The molecule has 1 aromatic rings. The van der Waals surface area contributed by atoms with Crippen LogP contribution in [0.25, 0.3) is 0 Å². The minimum Gasteiger partial charge on any atom is -0.495 e. The number of hydrogen-bond acceptors (Lipinski definition) is 4. The third-order valence-electron chi connectivity index (χ3n) is 2.29. The van der Waals surface area contributed by atoms with Gasteiger partial charge in [0.15, 0.2) is 0 Å². The summed E-state index contributed by atoms with van der Waals surface area (Å²) in [5.41, 5.74) is 0. The molecule has 0 aliphatic rings. The average Bonchev–Trinajstić information content (AvgIpc) is 2.36. The zero-order valence-electron chi connectivity index (χ0n) is 10.9. The zero-order valence-corrected chi connectivity index (χ0v) is 13.2. The van der Waals surface area contributed by atoms with Crippen LogP contribution >= 0.6 is 23.2 Å². The first-order valence-electron chi connectivity index (χ1n) is 5.55. The standard InChI is InChI=1S/C11H14Cl2N2O4S/c1-7(16)14-3-4-15-20(17,18)11-6-8(12)10(19-2)5-9(11)13/h5-6,15H,3-4H2,1-2H3,(H,14,16). The van der Waals surface area contributed by atoms with Crippen molar-refractivity contribution in [2.45, 2.75) is 11.8 Å². The minimum absolute atomic E-state index is 0.00160. The number of sulfonamides is 1. The van der Waals surface area contributed by atoms with Gasteiger partial charge in [-0.1, -0.05) is 23.2 Å². The van der Waals surface area contributed by atoms with Gasteiger partial charge >= 0.3 is 0 Å². The van der Waals surface area contributed by atoms with Crippen LogP contribution in [-0.4, -0.2) is 34.5 Å². The van der Waals surface area contributed by atoms with Gasteiger partial charge < -0.3 is 10.1 Å². The number of ether oxygens (including phenoxy) is 1. The van der Waals surface area contributed by atoms with Gasteiger partial charge in [-0.2, -0.15) is 0 Å². The number of nitrogens with one attached hydrogen (secondary N) is 2. The molecule has 0 atom stereocenters. The lowest BCUT2D eigenvalue weighted by atomic mass is 10.3. The first-order chi connectivity index (χ1) is 9.27. The molecule has 0 fully saturated rings. The fourth-order valence-corrected chi connectivity index (χ4v) is 3.25. The number of rotatable bonds is 6. The molecule has 9 heteroatoms. The summed E-state index contributed by atoms with van der Waals surface area (Å²) in [6.45, 7) is 1.56. The van der Waals surface area contributed by atoms with Crippen LogP contribution in [0.1, 0.15) is 6.92 Å². The summed E-state index contributed by atoms with van der Waals surface area (Å²) in [6, 6.07) is 2.54. The molecule has 0 aliphatic heterocycles. The van der Waals surface area contributed by atoms with Crippen LogP contribution in [-0.2, 0) is 14.8 Å². The number of amides is 1. The maximum atomic E-state index is 12.0. The molecule has 0 unspecified atom stereocenters. The van der Waals surface area contributed by atoms with Crippen LogP contribution < -0.4 is 14.8 Å². The van der Waals surface area contributed by atoms with Crippen LogP contribution in [0.3, 0.4) is 0 Å². The second-order valence-corrected chi connectivity index (χ2v) is 6.35. The smallest absolute Gasteiger partial charge is 0.242 e. The van der Waals surface area contributed by atoms with E-state index in [2.05, 4.69) is 10.0 Å². The van der Waals surface area contributed by atoms with E-state index in [0.29, 0.717) is 0 Å². The lowest BCUT2D eigenvalue weighted by Crippen LogP contribution is -2.33. The number of carbonyl (C=O) groups excluding carboxylic acids is 1. The normalized spacial score (nSPS) is 11.2. The summed E-state index contributed by atoms with van der Waals surface area (Å²) < 4.78 is 31.3. The highest BCUT2D eigenvalue weighted by atomic mass is 35.5. The van der Waals surface area contributed by atoms with E-state index in [1.165, 1.54) is 26.2 Å². The highest BCUT2D eigenvalue weighted by molar-refractivity contribution is 7.89. The third-order valence-corrected chi connectivity index (χ3v) is 4.51. The summed E-state index contributed by atoms with van der Waals surface area (Å²) in [7, 11) is -2.41. The molecule has 1 rings (SSSR count). The lowest BCUT2D eigenvalue weighted by molar-refractivity contribution is -0.118. The van der Waals surface area contributed by atoms with Crippen LogP contribution in [0.15, 0.2) is 17.0 Å². The number of methoxy groups -OCH3 is 1. The maximum absolute atomic E-state index is 12.0. The van der Waals surface area contributed by atoms with Crippen LogP contribution in [0.4, 0.5) is 0 Å². The van der Waals surface area contributed by atoms with Crippen molar-refractivity contribution in [3.8, 4) is 5.75 Å². The molecule has 0 saturated heterocycles. The van der Waals surface area contributed by atoms with E-state index < -0.39 is 10.0 Å². The highest BCUT2D eigenvalue weighted by Crippen LogP contribution is 2.33. The number of carbonyl (C=O) groups is 1. The Bertz CT molecular complexity index is 605. The Morgan fingerprint density at radius 3 is 2.45 bits per heavy atom. The molecule has 0 aliphatic carbocycles. The van der Waals surface area contributed by atoms with Gasteiger partial charge in [0, 0.05) is 26.1 Å². The average molecular weight is 341 g/mol. The van der Waals surface area contributed by atoms with E-state index in [-0.39, 0.29) is 39.7 Å². The SMILES string of the molecule is COc1cc(Cl)c(S(=O)(=O)NCCNC(C)=O)cc1Cl. The molecule has 0 saturated carbocycles. The molecule has 0 aromatic heterocycles. The number of hydrogen-bond donors (Lipinski definition) is 2. The second kappa shape index (κ2) is 7.12. The summed E-state index contributed by atoms with van der Waals surface area (Å²) in [4.78, 5) is 10.5. The van der Waals surface area contributed by atoms with Gasteiger partial charge in [0.1, 0.15) is 10.6 Å². The molecular weight excluding hydrogens is 327 g/mol.